The van der Waals surface area contributed by atoms with Gasteiger partial charge in [0.05, 0.1) is 17.7 Å². The van der Waals surface area contributed by atoms with Gasteiger partial charge in [0, 0.05) is 12.8 Å². The van der Waals surface area contributed by atoms with Crippen LogP contribution in [0.15, 0.2) is 77.7 Å². The Kier molecular flexibility index (Phi) is 6.94. The summed E-state index contributed by atoms with van der Waals surface area (Å²) in [6.45, 7) is 1.86. The van der Waals surface area contributed by atoms with Crippen molar-refractivity contribution in [2.45, 2.75) is 17.9 Å². The van der Waals surface area contributed by atoms with Crippen LogP contribution in [-0.4, -0.2) is 28.5 Å². The van der Waals surface area contributed by atoms with Crippen LogP contribution in [0.5, 0.6) is 5.75 Å². The second kappa shape index (κ2) is 9.63. The van der Waals surface area contributed by atoms with Crippen LogP contribution in [0.1, 0.15) is 17.2 Å². The third-order valence-electron chi connectivity index (χ3n) is 4.61. The molecule has 1 atom stereocenters. The first kappa shape index (κ1) is 22.3. The van der Waals surface area contributed by atoms with Gasteiger partial charge in [0.1, 0.15) is 5.75 Å². The molecule has 0 aliphatic carbocycles. The first-order valence-electron chi connectivity index (χ1n) is 9.50. The molecule has 0 heterocycles. The summed E-state index contributed by atoms with van der Waals surface area (Å²) in [5, 5.41) is 2.75. The van der Waals surface area contributed by atoms with Crippen molar-refractivity contribution in [1.82, 2.24) is 0 Å². The molecule has 0 saturated heterocycles. The first-order valence-corrected chi connectivity index (χ1v) is 11.0. The fourth-order valence-electron chi connectivity index (χ4n) is 3.05. The molecule has 1 amide bonds. The zero-order valence-electron chi connectivity index (χ0n) is 17.5. The quantitative estimate of drug-likeness (QED) is 0.549. The monoisotopic (exact) mass is 440 g/mol. The van der Waals surface area contributed by atoms with E-state index in [9.17, 15) is 13.2 Å². The average molecular weight is 441 g/mol. The lowest BCUT2D eigenvalue weighted by molar-refractivity contribution is -0.126. The van der Waals surface area contributed by atoms with E-state index < -0.39 is 16.1 Å². The van der Waals surface area contributed by atoms with Crippen LogP contribution in [-0.2, 0) is 19.6 Å². The standard InChI is InChI=1S/C23H24N2O5S/c1-16-9-14-21(29-2)20(15-16)25-31(27,28)19-12-10-18(11-13-19)24-23(26)22(30-3)17-7-5-4-6-8-17/h4-15,22,25H,1-3H3,(H,24,26)/t22-/m1/s1. The van der Waals surface area contributed by atoms with Gasteiger partial charge in [-0.25, -0.2) is 8.42 Å². The number of sulfonamides is 1. The molecule has 0 spiro atoms. The number of carbonyl (C=O) groups is 1. The Labute approximate surface area is 182 Å². The molecule has 2 N–H and O–H groups in total. The number of hydrogen-bond acceptors (Lipinski definition) is 5. The van der Waals surface area contributed by atoms with Crippen molar-refractivity contribution < 1.29 is 22.7 Å². The van der Waals surface area contributed by atoms with Gasteiger partial charge < -0.3 is 14.8 Å². The molecule has 31 heavy (non-hydrogen) atoms. The zero-order valence-corrected chi connectivity index (χ0v) is 18.3. The van der Waals surface area contributed by atoms with Crippen molar-refractivity contribution in [3.63, 3.8) is 0 Å². The van der Waals surface area contributed by atoms with E-state index in [1.165, 1.54) is 38.5 Å². The Morgan fingerprint density at radius 1 is 0.935 bits per heavy atom. The van der Waals surface area contributed by atoms with Crippen molar-refractivity contribution in [1.29, 1.82) is 0 Å². The van der Waals surface area contributed by atoms with Crippen molar-refractivity contribution in [3.8, 4) is 5.75 Å². The molecule has 0 unspecified atom stereocenters. The SMILES string of the molecule is COc1ccc(C)cc1NS(=O)(=O)c1ccc(NC(=O)[C@H](OC)c2ccccc2)cc1. The van der Waals surface area contributed by atoms with Gasteiger partial charge in [0.2, 0.25) is 0 Å². The molecule has 0 bridgehead atoms. The number of rotatable bonds is 8. The third kappa shape index (κ3) is 5.42. The molecule has 0 radical (unpaired) electrons. The van der Waals surface area contributed by atoms with E-state index in [4.69, 9.17) is 9.47 Å². The summed E-state index contributed by atoms with van der Waals surface area (Å²) in [4.78, 5) is 12.6. The van der Waals surface area contributed by atoms with Gasteiger partial charge in [-0.2, -0.15) is 0 Å². The maximum atomic E-state index is 12.8. The molecular weight excluding hydrogens is 416 g/mol. The smallest absolute Gasteiger partial charge is 0.262 e. The van der Waals surface area contributed by atoms with Crippen LogP contribution in [0.2, 0.25) is 0 Å². The highest BCUT2D eigenvalue weighted by molar-refractivity contribution is 7.92. The largest absolute Gasteiger partial charge is 0.495 e. The highest BCUT2D eigenvalue weighted by atomic mass is 32.2. The van der Waals surface area contributed by atoms with Crippen LogP contribution in [0, 0.1) is 6.92 Å². The second-order valence-corrected chi connectivity index (χ2v) is 8.53. The van der Waals surface area contributed by atoms with Crippen molar-refractivity contribution in [2.75, 3.05) is 24.3 Å². The highest BCUT2D eigenvalue weighted by Crippen LogP contribution is 2.28. The molecule has 162 valence electrons. The maximum Gasteiger partial charge on any atom is 0.262 e. The molecule has 0 saturated carbocycles. The van der Waals surface area contributed by atoms with Crippen LogP contribution in [0.3, 0.4) is 0 Å². The van der Waals surface area contributed by atoms with Gasteiger partial charge in [-0.15, -0.1) is 0 Å². The van der Waals surface area contributed by atoms with E-state index in [0.29, 0.717) is 17.1 Å². The highest BCUT2D eigenvalue weighted by Gasteiger charge is 2.21. The van der Waals surface area contributed by atoms with Crippen molar-refractivity contribution >= 4 is 27.3 Å². The molecule has 0 fully saturated rings. The van der Waals surface area contributed by atoms with E-state index in [-0.39, 0.29) is 10.8 Å². The second-order valence-electron chi connectivity index (χ2n) is 6.85. The van der Waals surface area contributed by atoms with E-state index in [0.717, 1.165) is 11.1 Å². The molecule has 7 nitrogen and oxygen atoms in total. The van der Waals surface area contributed by atoms with E-state index in [1.807, 2.05) is 31.2 Å². The Morgan fingerprint density at radius 3 is 2.23 bits per heavy atom. The predicted octanol–water partition coefficient (Wildman–Crippen LogP) is 4.13. The fourth-order valence-corrected chi connectivity index (χ4v) is 4.11. The van der Waals surface area contributed by atoms with E-state index >= 15 is 0 Å². The molecule has 8 heteroatoms. The Hall–Kier alpha value is -3.36. The number of hydrogen-bond donors (Lipinski definition) is 2. The number of methoxy groups -OCH3 is 2. The summed E-state index contributed by atoms with van der Waals surface area (Å²) in [5.41, 5.74) is 2.42. The molecule has 3 aromatic carbocycles. The van der Waals surface area contributed by atoms with Crippen molar-refractivity contribution in [2.24, 2.45) is 0 Å². The summed E-state index contributed by atoms with van der Waals surface area (Å²) >= 11 is 0. The molecule has 3 rings (SSSR count). The van der Waals surface area contributed by atoms with Crippen LogP contribution < -0.4 is 14.8 Å². The Balaban J connectivity index is 1.75. The van der Waals surface area contributed by atoms with Gasteiger partial charge in [-0.05, 0) is 54.4 Å². The van der Waals surface area contributed by atoms with Crippen LogP contribution in [0.4, 0.5) is 11.4 Å². The Bertz CT molecular complexity index is 1150. The number of nitrogens with one attached hydrogen (secondary N) is 2. The molecule has 3 aromatic rings. The predicted molar refractivity (Wildman–Crippen MR) is 120 cm³/mol. The fraction of sp³-hybridized carbons (Fsp3) is 0.174. The minimum atomic E-state index is -3.84. The molecular formula is C23H24N2O5S. The zero-order chi connectivity index (χ0) is 22.4. The van der Waals surface area contributed by atoms with Crippen LogP contribution >= 0.6 is 0 Å². The average Bonchev–Trinajstić information content (AvgIpc) is 2.75. The van der Waals surface area contributed by atoms with E-state index in [2.05, 4.69) is 10.0 Å². The van der Waals surface area contributed by atoms with Gasteiger partial charge in [-0.1, -0.05) is 36.4 Å². The minimum Gasteiger partial charge on any atom is -0.495 e. The first-order chi connectivity index (χ1) is 14.8. The summed E-state index contributed by atoms with van der Waals surface area (Å²) in [7, 11) is -0.908. The Morgan fingerprint density at radius 2 is 1.61 bits per heavy atom. The lowest BCUT2D eigenvalue weighted by Gasteiger charge is -2.16. The lowest BCUT2D eigenvalue weighted by Crippen LogP contribution is -2.22. The van der Waals surface area contributed by atoms with Gasteiger partial charge in [-0.3, -0.25) is 9.52 Å². The van der Waals surface area contributed by atoms with Crippen molar-refractivity contribution in [3.05, 3.63) is 83.9 Å². The van der Waals surface area contributed by atoms with E-state index in [1.54, 1.807) is 24.3 Å². The van der Waals surface area contributed by atoms with Gasteiger partial charge in [0.25, 0.3) is 15.9 Å². The molecule has 0 aromatic heterocycles. The van der Waals surface area contributed by atoms with Gasteiger partial charge in [0.15, 0.2) is 6.10 Å². The van der Waals surface area contributed by atoms with Gasteiger partial charge >= 0.3 is 0 Å². The summed E-state index contributed by atoms with van der Waals surface area (Å²) < 4.78 is 38.6. The summed E-state index contributed by atoms with van der Waals surface area (Å²) in [5.74, 6) is 0.0662. The maximum absolute atomic E-state index is 12.8. The summed E-state index contributed by atoms with van der Waals surface area (Å²) in [6.07, 6.45) is -0.778. The number of carbonyl (C=O) groups excluding carboxylic acids is 1. The summed E-state index contributed by atoms with van der Waals surface area (Å²) in [6, 6.07) is 20.2. The topological polar surface area (TPSA) is 93.7 Å². The number of anilines is 2. The normalized spacial score (nSPS) is 12.1. The third-order valence-corrected chi connectivity index (χ3v) is 5.99. The molecule has 0 aliphatic rings. The minimum absolute atomic E-state index is 0.0559. The number of benzene rings is 3. The lowest BCUT2D eigenvalue weighted by atomic mass is 10.1. The van der Waals surface area contributed by atoms with Crippen LogP contribution in [0.25, 0.3) is 0 Å². The number of aryl methyl sites for hydroxylation is 1. The molecule has 0 aliphatic heterocycles. The number of amides is 1. The number of ether oxygens (including phenoxy) is 2.